The summed E-state index contributed by atoms with van der Waals surface area (Å²) < 4.78 is 16.9. The van der Waals surface area contributed by atoms with E-state index in [2.05, 4.69) is 25.3 Å². The minimum atomic E-state index is -1.87. The summed E-state index contributed by atoms with van der Waals surface area (Å²) >= 11 is 0. The van der Waals surface area contributed by atoms with Gasteiger partial charge in [-0.25, -0.2) is 0 Å². The monoisotopic (exact) mass is 343 g/mol. The van der Waals surface area contributed by atoms with Crippen LogP contribution in [0.1, 0.15) is 65.2 Å². The van der Waals surface area contributed by atoms with Crippen molar-refractivity contribution >= 4 is 8.56 Å². The van der Waals surface area contributed by atoms with Crippen molar-refractivity contribution in [2.45, 2.75) is 77.8 Å². The molecule has 23 heavy (non-hydrogen) atoms. The molecule has 0 bridgehead atoms. The summed E-state index contributed by atoms with van der Waals surface area (Å²) in [6.07, 6.45) is 14.5. The van der Waals surface area contributed by atoms with Crippen molar-refractivity contribution in [2.24, 2.45) is 0 Å². The molecule has 0 amide bonds. The predicted molar refractivity (Wildman–Crippen MR) is 98.4 cm³/mol. The lowest BCUT2D eigenvalue weighted by Gasteiger charge is -2.25. The molecule has 1 aliphatic heterocycles. The second kappa shape index (κ2) is 12.8. The fraction of sp³-hybridized carbons (Fsp3) is 0.889. The van der Waals surface area contributed by atoms with E-state index in [-0.39, 0.29) is 0 Å². The minimum Gasteiger partial charge on any atom is -0.479 e. The SMILES string of the molecule is CCO[Si](C)(CCCCCCCCCCN1C=COC1)OCC. The first-order valence-corrected chi connectivity index (χ1v) is 12.0. The number of nitrogens with zero attached hydrogens (tertiary/aromatic N) is 1. The first-order valence-electron chi connectivity index (χ1n) is 9.50. The first-order chi connectivity index (χ1) is 11.2. The Morgan fingerprint density at radius 1 is 0.913 bits per heavy atom. The summed E-state index contributed by atoms with van der Waals surface area (Å²) in [5.41, 5.74) is 0. The van der Waals surface area contributed by atoms with Gasteiger partial charge >= 0.3 is 8.56 Å². The topological polar surface area (TPSA) is 30.9 Å². The van der Waals surface area contributed by atoms with Gasteiger partial charge in [0.15, 0.2) is 6.73 Å². The maximum absolute atomic E-state index is 5.88. The molecule has 1 aliphatic rings. The highest BCUT2D eigenvalue weighted by Gasteiger charge is 2.29. The van der Waals surface area contributed by atoms with Crippen molar-refractivity contribution in [1.82, 2.24) is 4.90 Å². The molecule has 0 unspecified atom stereocenters. The van der Waals surface area contributed by atoms with Crippen LogP contribution in [0, 0.1) is 0 Å². The lowest BCUT2D eigenvalue weighted by atomic mass is 10.1. The Balaban J connectivity index is 1.87. The van der Waals surface area contributed by atoms with Crippen LogP contribution in [0.2, 0.25) is 12.6 Å². The summed E-state index contributed by atoms with van der Waals surface area (Å²) in [7, 11) is -1.87. The molecule has 0 radical (unpaired) electrons. The van der Waals surface area contributed by atoms with Crippen molar-refractivity contribution in [2.75, 3.05) is 26.5 Å². The van der Waals surface area contributed by atoms with E-state index >= 15 is 0 Å². The molecule has 0 spiro atoms. The average molecular weight is 344 g/mol. The van der Waals surface area contributed by atoms with Crippen LogP contribution in [0.3, 0.4) is 0 Å². The maximum atomic E-state index is 5.88. The molecule has 1 heterocycles. The molecule has 0 N–H and O–H groups in total. The number of hydrogen-bond donors (Lipinski definition) is 0. The molecule has 0 aliphatic carbocycles. The molecule has 1 rings (SSSR count). The van der Waals surface area contributed by atoms with Gasteiger partial charge in [0.05, 0.1) is 0 Å². The van der Waals surface area contributed by atoms with Gasteiger partial charge in [-0.2, -0.15) is 0 Å². The molecule has 5 heteroatoms. The Bertz CT molecular complexity index is 307. The van der Waals surface area contributed by atoms with E-state index in [4.69, 9.17) is 13.6 Å². The van der Waals surface area contributed by atoms with E-state index < -0.39 is 8.56 Å². The third-order valence-corrected chi connectivity index (χ3v) is 7.39. The van der Waals surface area contributed by atoms with Crippen molar-refractivity contribution in [3.05, 3.63) is 12.5 Å². The molecular formula is C18H37NO3Si. The summed E-state index contributed by atoms with van der Waals surface area (Å²) in [4.78, 5) is 2.23. The first kappa shape index (κ1) is 20.5. The fourth-order valence-corrected chi connectivity index (χ4v) is 5.55. The largest absolute Gasteiger partial charge is 0.479 e. The van der Waals surface area contributed by atoms with E-state index in [0.29, 0.717) is 0 Å². The van der Waals surface area contributed by atoms with Gasteiger partial charge in [0.25, 0.3) is 0 Å². The molecule has 0 aromatic rings. The van der Waals surface area contributed by atoms with Crippen molar-refractivity contribution in [3.63, 3.8) is 0 Å². The van der Waals surface area contributed by atoms with Crippen LogP contribution in [0.4, 0.5) is 0 Å². The van der Waals surface area contributed by atoms with Crippen molar-refractivity contribution in [1.29, 1.82) is 0 Å². The van der Waals surface area contributed by atoms with E-state index in [9.17, 15) is 0 Å². The normalized spacial score (nSPS) is 14.5. The standard InChI is InChI=1S/C18H37NO3Si/c1-4-21-23(3,22-5-2)17-13-11-9-7-6-8-10-12-14-19-15-16-20-18-19/h15-16H,4-14,17-18H2,1-3H3. The Hall–Kier alpha value is -0.523. The van der Waals surface area contributed by atoms with Gasteiger partial charge in [0.1, 0.15) is 6.26 Å². The van der Waals surface area contributed by atoms with Gasteiger partial charge in [-0.15, -0.1) is 0 Å². The molecule has 4 nitrogen and oxygen atoms in total. The number of hydrogen-bond acceptors (Lipinski definition) is 4. The van der Waals surface area contributed by atoms with Crippen LogP contribution in [-0.2, 0) is 13.6 Å². The minimum absolute atomic E-state index is 0.742. The highest BCUT2D eigenvalue weighted by Crippen LogP contribution is 2.19. The number of ether oxygens (including phenoxy) is 1. The molecule has 0 aromatic heterocycles. The van der Waals surface area contributed by atoms with Gasteiger partial charge in [-0.05, 0) is 32.9 Å². The molecule has 0 fully saturated rings. The Morgan fingerprint density at radius 2 is 1.48 bits per heavy atom. The summed E-state index contributed by atoms with van der Waals surface area (Å²) in [6, 6.07) is 1.14. The Labute approximate surface area is 144 Å². The van der Waals surface area contributed by atoms with Crippen LogP contribution in [0.15, 0.2) is 12.5 Å². The van der Waals surface area contributed by atoms with E-state index in [1.54, 1.807) is 6.26 Å². The van der Waals surface area contributed by atoms with Gasteiger partial charge in [0, 0.05) is 26.0 Å². The smallest absolute Gasteiger partial charge is 0.334 e. The second-order valence-corrected chi connectivity index (χ2v) is 9.82. The zero-order chi connectivity index (χ0) is 16.8. The van der Waals surface area contributed by atoms with Gasteiger partial charge in [-0.1, -0.05) is 44.9 Å². The van der Waals surface area contributed by atoms with E-state index in [1.807, 2.05) is 6.20 Å². The van der Waals surface area contributed by atoms with Crippen molar-refractivity contribution in [3.8, 4) is 0 Å². The highest BCUT2D eigenvalue weighted by molar-refractivity contribution is 6.66. The molecule has 0 atom stereocenters. The van der Waals surface area contributed by atoms with Crippen LogP contribution in [-0.4, -0.2) is 40.0 Å². The molecule has 0 aromatic carbocycles. The van der Waals surface area contributed by atoms with Gasteiger partial charge in [-0.3, -0.25) is 0 Å². The average Bonchev–Trinajstić information content (AvgIpc) is 3.03. The number of unbranched alkanes of at least 4 members (excludes halogenated alkanes) is 7. The number of rotatable bonds is 15. The van der Waals surface area contributed by atoms with Crippen LogP contribution in [0.25, 0.3) is 0 Å². The van der Waals surface area contributed by atoms with Crippen LogP contribution in [0.5, 0.6) is 0 Å². The van der Waals surface area contributed by atoms with Crippen molar-refractivity contribution < 1.29 is 13.6 Å². The fourth-order valence-electron chi connectivity index (χ4n) is 3.07. The zero-order valence-corrected chi connectivity index (χ0v) is 16.5. The van der Waals surface area contributed by atoms with Crippen LogP contribution < -0.4 is 0 Å². The third-order valence-electron chi connectivity index (χ3n) is 4.33. The molecular weight excluding hydrogens is 306 g/mol. The molecule has 0 saturated heterocycles. The lowest BCUT2D eigenvalue weighted by Crippen LogP contribution is -2.38. The van der Waals surface area contributed by atoms with E-state index in [0.717, 1.165) is 32.5 Å². The quantitative estimate of drug-likeness (QED) is 0.309. The van der Waals surface area contributed by atoms with Crippen LogP contribution >= 0.6 is 0 Å². The lowest BCUT2D eigenvalue weighted by molar-refractivity contribution is 0.169. The highest BCUT2D eigenvalue weighted by atomic mass is 28.4. The molecule has 0 saturated carbocycles. The van der Waals surface area contributed by atoms with Gasteiger partial charge in [0.2, 0.25) is 0 Å². The zero-order valence-electron chi connectivity index (χ0n) is 15.5. The Morgan fingerprint density at radius 3 is 2.00 bits per heavy atom. The summed E-state index contributed by atoms with van der Waals surface area (Å²) in [6.45, 7) is 9.78. The summed E-state index contributed by atoms with van der Waals surface area (Å²) in [5, 5.41) is 0. The van der Waals surface area contributed by atoms with E-state index in [1.165, 1.54) is 51.4 Å². The maximum Gasteiger partial charge on any atom is 0.334 e. The third kappa shape index (κ3) is 10.0. The molecule has 136 valence electrons. The predicted octanol–water partition coefficient (Wildman–Crippen LogP) is 5.01. The second-order valence-electron chi connectivity index (χ2n) is 6.47. The summed E-state index contributed by atoms with van der Waals surface area (Å²) in [5.74, 6) is 0. The Kier molecular flexibility index (Phi) is 11.5. The van der Waals surface area contributed by atoms with Gasteiger partial charge < -0.3 is 18.5 Å².